The third kappa shape index (κ3) is 3.05. The van der Waals surface area contributed by atoms with Crippen LogP contribution in [0, 0.1) is 0 Å². The molecule has 34 heavy (non-hydrogen) atoms. The van der Waals surface area contributed by atoms with Crippen LogP contribution < -0.4 is 5.73 Å². The number of carbonyl (C=O) groups excluding carboxylic acids is 1. The van der Waals surface area contributed by atoms with Crippen molar-refractivity contribution in [3.05, 3.63) is 64.8 Å². The molecule has 7 nitrogen and oxygen atoms in total. The Morgan fingerprint density at radius 3 is 2.79 bits per heavy atom. The Balaban J connectivity index is 1.41. The quantitative estimate of drug-likeness (QED) is 0.460. The molecule has 1 saturated heterocycles. The molecule has 2 aromatic heterocycles. The van der Waals surface area contributed by atoms with Crippen LogP contribution in [0.2, 0.25) is 0 Å². The summed E-state index contributed by atoms with van der Waals surface area (Å²) in [6.45, 7) is 0.671. The highest BCUT2D eigenvalue weighted by Gasteiger charge is 2.43. The van der Waals surface area contributed by atoms with E-state index in [4.69, 9.17) is 10.5 Å². The summed E-state index contributed by atoms with van der Waals surface area (Å²) >= 11 is 0. The maximum atomic E-state index is 13.7. The second-order valence-corrected chi connectivity index (χ2v) is 8.73. The molecule has 0 bridgehead atoms. The highest BCUT2D eigenvalue weighted by atomic mass is 19.4. The number of hydrogen-bond donors (Lipinski definition) is 1. The van der Waals surface area contributed by atoms with Gasteiger partial charge >= 0.3 is 6.18 Å². The summed E-state index contributed by atoms with van der Waals surface area (Å²) in [6, 6.07) is 8.52. The number of aryl methyl sites for hydroxylation is 1. The van der Waals surface area contributed by atoms with Gasteiger partial charge in [-0.15, -0.1) is 0 Å². The van der Waals surface area contributed by atoms with Crippen molar-refractivity contribution in [1.82, 2.24) is 19.7 Å². The number of morpholine rings is 1. The van der Waals surface area contributed by atoms with Crippen molar-refractivity contribution >= 4 is 33.5 Å². The Labute approximate surface area is 191 Å². The number of aromatic nitrogens is 3. The standard InChI is InChI=1S/C24H20F3N5O2/c1-31-20-16-9-12(2-5-18(16)30-22(28)17(20)11-29-31)23(33)32-6-7-34-19-10-13-8-14(24(25,26)27)3-4-15(13)21(19)32/h2-5,8-9,11,19,21H,6-7,10H2,1H3,(H2,28,30)/t19?,21-/m0/s1. The molecule has 1 unspecified atom stereocenters. The number of nitrogens with two attached hydrogens (primary N) is 1. The number of alkyl halides is 3. The summed E-state index contributed by atoms with van der Waals surface area (Å²) < 4.78 is 47.2. The average Bonchev–Trinajstić information content (AvgIpc) is 3.38. The summed E-state index contributed by atoms with van der Waals surface area (Å²) in [5.41, 5.74) is 8.54. The lowest BCUT2D eigenvalue weighted by atomic mass is 10.0. The number of anilines is 1. The summed E-state index contributed by atoms with van der Waals surface area (Å²) in [5.74, 6) is 0.159. The van der Waals surface area contributed by atoms with E-state index in [1.807, 2.05) is 0 Å². The first-order valence-corrected chi connectivity index (χ1v) is 10.9. The third-order valence-corrected chi connectivity index (χ3v) is 6.78. The maximum Gasteiger partial charge on any atom is 0.416 e. The van der Waals surface area contributed by atoms with E-state index in [1.165, 1.54) is 12.1 Å². The Bertz CT molecular complexity index is 1480. The van der Waals surface area contributed by atoms with Crippen LogP contribution in [-0.2, 0) is 24.4 Å². The number of rotatable bonds is 1. The van der Waals surface area contributed by atoms with Crippen molar-refractivity contribution in [2.45, 2.75) is 24.7 Å². The van der Waals surface area contributed by atoms with Gasteiger partial charge in [0.25, 0.3) is 5.91 Å². The highest BCUT2D eigenvalue weighted by molar-refractivity contribution is 6.10. The molecule has 3 heterocycles. The third-order valence-electron chi connectivity index (χ3n) is 6.78. The van der Waals surface area contributed by atoms with E-state index in [9.17, 15) is 18.0 Å². The zero-order chi connectivity index (χ0) is 23.8. The van der Waals surface area contributed by atoms with Gasteiger partial charge in [-0.3, -0.25) is 9.48 Å². The number of pyridine rings is 1. The number of ether oxygens (including phenoxy) is 1. The fraction of sp³-hybridized carbons (Fsp3) is 0.292. The first-order valence-electron chi connectivity index (χ1n) is 10.9. The van der Waals surface area contributed by atoms with Crippen molar-refractivity contribution in [2.24, 2.45) is 7.05 Å². The van der Waals surface area contributed by atoms with E-state index in [0.29, 0.717) is 53.0 Å². The monoisotopic (exact) mass is 467 g/mol. The van der Waals surface area contributed by atoms with Gasteiger partial charge in [0.15, 0.2) is 0 Å². The molecule has 10 heteroatoms. The van der Waals surface area contributed by atoms with Crippen LogP contribution in [0.25, 0.3) is 21.8 Å². The summed E-state index contributed by atoms with van der Waals surface area (Å²) in [5, 5.41) is 5.72. The molecule has 0 spiro atoms. The molecule has 1 amide bonds. The predicted molar refractivity (Wildman–Crippen MR) is 119 cm³/mol. The van der Waals surface area contributed by atoms with Crippen LogP contribution in [0.4, 0.5) is 19.0 Å². The summed E-state index contributed by atoms with van der Waals surface area (Å²) in [7, 11) is 1.80. The second-order valence-electron chi connectivity index (χ2n) is 8.73. The van der Waals surface area contributed by atoms with Crippen LogP contribution in [-0.4, -0.2) is 44.8 Å². The summed E-state index contributed by atoms with van der Waals surface area (Å²) in [6.07, 6.45) is -2.81. The van der Waals surface area contributed by atoms with Crippen molar-refractivity contribution < 1.29 is 22.7 Å². The van der Waals surface area contributed by atoms with Crippen molar-refractivity contribution in [3.63, 3.8) is 0 Å². The van der Waals surface area contributed by atoms with E-state index < -0.39 is 17.8 Å². The molecule has 4 aromatic rings. The van der Waals surface area contributed by atoms with Gasteiger partial charge in [0.1, 0.15) is 5.82 Å². The molecule has 2 N–H and O–H groups in total. The Kier molecular flexibility index (Phi) is 4.41. The molecule has 0 saturated carbocycles. The Morgan fingerprint density at radius 1 is 1.18 bits per heavy atom. The maximum absolute atomic E-state index is 13.7. The number of nitrogen functional groups attached to an aromatic ring is 1. The van der Waals surface area contributed by atoms with Gasteiger partial charge in [-0.25, -0.2) is 4.98 Å². The molecule has 0 radical (unpaired) electrons. The van der Waals surface area contributed by atoms with E-state index in [-0.39, 0.29) is 12.0 Å². The van der Waals surface area contributed by atoms with Crippen LogP contribution in [0.5, 0.6) is 0 Å². The van der Waals surface area contributed by atoms with Gasteiger partial charge in [-0.05, 0) is 41.5 Å². The van der Waals surface area contributed by atoms with E-state index in [0.717, 1.165) is 17.0 Å². The minimum Gasteiger partial charge on any atom is -0.383 e. The molecule has 1 aliphatic carbocycles. The zero-order valence-corrected chi connectivity index (χ0v) is 18.1. The van der Waals surface area contributed by atoms with Crippen molar-refractivity contribution in [2.75, 3.05) is 18.9 Å². The van der Waals surface area contributed by atoms with Crippen molar-refractivity contribution in [1.29, 1.82) is 0 Å². The minimum atomic E-state index is -4.42. The SMILES string of the molecule is Cn1ncc2c(N)nc3ccc(C(=O)N4CCOC5Cc6cc(C(F)(F)F)ccc6[C@@H]54)cc3c21. The Hall–Kier alpha value is -3.66. The smallest absolute Gasteiger partial charge is 0.383 e. The minimum absolute atomic E-state index is 0.208. The molecule has 1 aliphatic heterocycles. The van der Waals surface area contributed by atoms with E-state index in [2.05, 4.69) is 10.1 Å². The van der Waals surface area contributed by atoms with Gasteiger partial charge in [0.2, 0.25) is 0 Å². The van der Waals surface area contributed by atoms with Crippen molar-refractivity contribution in [3.8, 4) is 0 Å². The second kappa shape index (κ2) is 7.17. The first-order chi connectivity index (χ1) is 16.2. The predicted octanol–water partition coefficient (Wildman–Crippen LogP) is 3.86. The Morgan fingerprint density at radius 2 is 2.00 bits per heavy atom. The van der Waals surface area contributed by atoms with Gasteiger partial charge in [0, 0.05) is 31.0 Å². The molecule has 1 fully saturated rings. The molecule has 2 aliphatic rings. The van der Waals surface area contributed by atoms with Crippen LogP contribution >= 0.6 is 0 Å². The fourth-order valence-corrected chi connectivity index (χ4v) is 5.22. The molecule has 2 atom stereocenters. The molecule has 2 aromatic carbocycles. The van der Waals surface area contributed by atoms with E-state index in [1.54, 1.807) is 41.0 Å². The molecule has 174 valence electrons. The van der Waals surface area contributed by atoms with Crippen LogP contribution in [0.3, 0.4) is 0 Å². The number of halogens is 3. The number of carbonyl (C=O) groups is 1. The van der Waals surface area contributed by atoms with E-state index >= 15 is 0 Å². The number of amides is 1. The van der Waals surface area contributed by atoms with Crippen LogP contribution in [0.15, 0.2) is 42.6 Å². The summed E-state index contributed by atoms with van der Waals surface area (Å²) in [4.78, 5) is 19.8. The zero-order valence-electron chi connectivity index (χ0n) is 18.1. The average molecular weight is 467 g/mol. The molecule has 6 rings (SSSR count). The number of hydrogen-bond acceptors (Lipinski definition) is 5. The first kappa shape index (κ1) is 20.9. The lowest BCUT2D eigenvalue weighted by Crippen LogP contribution is -2.46. The van der Waals surface area contributed by atoms with Crippen LogP contribution in [0.1, 0.15) is 33.1 Å². The highest BCUT2D eigenvalue weighted by Crippen LogP contribution is 2.43. The lowest BCUT2D eigenvalue weighted by molar-refractivity contribution is -0.137. The van der Waals surface area contributed by atoms with Gasteiger partial charge in [-0.2, -0.15) is 18.3 Å². The number of nitrogens with zero attached hydrogens (tertiary/aromatic N) is 4. The molecular weight excluding hydrogens is 447 g/mol. The van der Waals surface area contributed by atoms with Gasteiger partial charge < -0.3 is 15.4 Å². The van der Waals surface area contributed by atoms with Gasteiger partial charge in [0.05, 0.1) is 46.9 Å². The fourth-order valence-electron chi connectivity index (χ4n) is 5.22. The molecular formula is C24H20F3N5O2. The lowest BCUT2D eigenvalue weighted by Gasteiger charge is -2.38. The number of benzene rings is 2. The number of fused-ring (bicyclic) bond motifs is 6. The van der Waals surface area contributed by atoms with Gasteiger partial charge in [-0.1, -0.05) is 6.07 Å². The topological polar surface area (TPSA) is 86.3 Å². The largest absolute Gasteiger partial charge is 0.416 e. The normalized spacial score (nSPS) is 20.1.